The highest BCUT2D eigenvalue weighted by atomic mass is 13.7. The zero-order chi connectivity index (χ0) is 6.95. The summed E-state index contributed by atoms with van der Waals surface area (Å²) < 4.78 is 0. The van der Waals surface area contributed by atoms with Gasteiger partial charge in [-0.25, -0.2) is 0 Å². The molecular weight excluding hydrogens is 108 g/mol. The molecule has 0 aromatic rings. The van der Waals surface area contributed by atoms with Crippen LogP contribution in [0.4, 0.5) is 0 Å². The van der Waals surface area contributed by atoms with E-state index in [2.05, 4.69) is 37.5 Å². The Morgan fingerprint density at radius 2 is 1.89 bits per heavy atom. The van der Waals surface area contributed by atoms with Gasteiger partial charge in [0.25, 0.3) is 0 Å². The Morgan fingerprint density at radius 3 is 2.44 bits per heavy atom. The van der Waals surface area contributed by atoms with Crippen molar-refractivity contribution in [3.05, 3.63) is 13.8 Å². The highest BCUT2D eigenvalue weighted by Crippen LogP contribution is 1.80. The molecule has 9 heavy (non-hydrogen) atoms. The third kappa shape index (κ3) is 7.12. The van der Waals surface area contributed by atoms with Crippen LogP contribution in [0.15, 0.2) is 0 Å². The first-order chi connectivity index (χ1) is 4.41. The lowest BCUT2D eigenvalue weighted by molar-refractivity contribution is 1.08. The fraction of sp³-hybridized carbons (Fsp3) is 0.333. The van der Waals surface area contributed by atoms with E-state index in [-0.39, 0.29) is 0 Å². The van der Waals surface area contributed by atoms with Crippen molar-refractivity contribution in [3.63, 3.8) is 0 Å². The predicted molar refractivity (Wildman–Crippen MR) is 40.1 cm³/mol. The van der Waals surface area contributed by atoms with E-state index in [0.29, 0.717) is 6.42 Å². The summed E-state index contributed by atoms with van der Waals surface area (Å²) in [7, 11) is 0. The first-order valence-corrected chi connectivity index (χ1v) is 2.91. The quantitative estimate of drug-likeness (QED) is 0.461. The number of hydrogen-bond acceptors (Lipinski definition) is 0. The molecule has 0 heterocycles. The molecule has 0 aromatic carbocycles. The van der Waals surface area contributed by atoms with Crippen LogP contribution in [-0.4, -0.2) is 0 Å². The van der Waals surface area contributed by atoms with Gasteiger partial charge in [-0.15, -0.1) is 11.8 Å². The standard InChI is InChI=1S/C9H10/c1-3-5-7-9-8-6-4-2/h1-3,5,8H2. The van der Waals surface area contributed by atoms with Gasteiger partial charge in [0.2, 0.25) is 0 Å². The average molecular weight is 118 g/mol. The highest BCUT2D eigenvalue weighted by molar-refractivity contribution is 5.12. The van der Waals surface area contributed by atoms with E-state index in [0.717, 1.165) is 12.8 Å². The van der Waals surface area contributed by atoms with Crippen molar-refractivity contribution in [2.45, 2.75) is 19.3 Å². The zero-order valence-corrected chi connectivity index (χ0v) is 5.54. The summed E-state index contributed by atoms with van der Waals surface area (Å²) in [5.74, 6) is 11.1. The topological polar surface area (TPSA) is 0 Å². The van der Waals surface area contributed by atoms with E-state index < -0.39 is 0 Å². The van der Waals surface area contributed by atoms with Gasteiger partial charge < -0.3 is 0 Å². The minimum Gasteiger partial charge on any atom is -0.102 e. The Hall–Kier alpha value is -0.880. The molecule has 0 aromatic heterocycles. The Labute approximate surface area is 57.7 Å². The summed E-state index contributed by atoms with van der Waals surface area (Å²) in [6, 6.07) is 0. The molecule has 0 spiro atoms. The number of rotatable bonds is 1. The smallest absolute Gasteiger partial charge is 0.0702 e. The molecule has 0 atom stereocenters. The molecule has 0 saturated carbocycles. The maximum Gasteiger partial charge on any atom is 0.0702 e. The van der Waals surface area contributed by atoms with Crippen LogP contribution in [-0.2, 0) is 0 Å². The fourth-order valence-electron chi connectivity index (χ4n) is 0.346. The molecule has 0 unspecified atom stereocenters. The van der Waals surface area contributed by atoms with Gasteiger partial charge in [0.15, 0.2) is 0 Å². The molecule has 0 fully saturated rings. The van der Waals surface area contributed by atoms with Crippen molar-refractivity contribution >= 4 is 0 Å². The summed E-state index contributed by atoms with van der Waals surface area (Å²) >= 11 is 0. The maximum atomic E-state index is 3.65. The second-order valence-corrected chi connectivity index (χ2v) is 1.49. The zero-order valence-electron chi connectivity index (χ0n) is 5.54. The second-order valence-electron chi connectivity index (χ2n) is 1.49. The summed E-state index contributed by atoms with van der Waals surface area (Å²) in [6.07, 6.45) is 2.40. The molecule has 0 aliphatic carbocycles. The SMILES string of the molecule is [CH2]C#CCC#CCC[CH2]. The van der Waals surface area contributed by atoms with Crippen LogP contribution in [0.2, 0.25) is 0 Å². The van der Waals surface area contributed by atoms with Crippen molar-refractivity contribution < 1.29 is 0 Å². The van der Waals surface area contributed by atoms with Crippen molar-refractivity contribution in [2.75, 3.05) is 0 Å². The third-order valence-electron chi connectivity index (χ3n) is 0.729. The van der Waals surface area contributed by atoms with Gasteiger partial charge in [0.05, 0.1) is 6.42 Å². The Morgan fingerprint density at radius 1 is 1.11 bits per heavy atom. The molecule has 46 valence electrons. The van der Waals surface area contributed by atoms with Gasteiger partial charge in [-0.05, 0) is 6.42 Å². The molecule has 0 amide bonds. The van der Waals surface area contributed by atoms with Crippen LogP contribution in [0.1, 0.15) is 19.3 Å². The largest absolute Gasteiger partial charge is 0.102 e. The molecule has 0 N–H and O–H groups in total. The molecule has 0 saturated heterocycles. The summed E-state index contributed by atoms with van der Waals surface area (Å²) in [6.45, 7) is 7.01. The van der Waals surface area contributed by atoms with Crippen LogP contribution in [0, 0.1) is 37.5 Å². The summed E-state index contributed by atoms with van der Waals surface area (Å²) in [4.78, 5) is 0. The van der Waals surface area contributed by atoms with Gasteiger partial charge in [0.1, 0.15) is 0 Å². The van der Waals surface area contributed by atoms with Crippen LogP contribution in [0.3, 0.4) is 0 Å². The first-order valence-electron chi connectivity index (χ1n) is 2.91. The van der Waals surface area contributed by atoms with Crippen molar-refractivity contribution in [3.8, 4) is 23.7 Å². The lowest BCUT2D eigenvalue weighted by Crippen LogP contribution is -1.62. The van der Waals surface area contributed by atoms with E-state index in [1.807, 2.05) is 0 Å². The first kappa shape index (κ1) is 8.12. The fourth-order valence-corrected chi connectivity index (χ4v) is 0.346. The highest BCUT2D eigenvalue weighted by Gasteiger charge is 1.68. The summed E-state index contributed by atoms with van der Waals surface area (Å²) in [5, 5.41) is 0. The van der Waals surface area contributed by atoms with Gasteiger partial charge in [-0.3, -0.25) is 0 Å². The van der Waals surface area contributed by atoms with Crippen molar-refractivity contribution in [1.82, 2.24) is 0 Å². The molecule has 0 rings (SSSR count). The van der Waals surface area contributed by atoms with Crippen LogP contribution in [0.25, 0.3) is 0 Å². The van der Waals surface area contributed by atoms with E-state index in [1.165, 1.54) is 0 Å². The van der Waals surface area contributed by atoms with Crippen LogP contribution in [0.5, 0.6) is 0 Å². The van der Waals surface area contributed by atoms with E-state index in [9.17, 15) is 0 Å². The predicted octanol–water partition coefficient (Wildman–Crippen LogP) is 1.83. The Kier molecular flexibility index (Phi) is 6.42. The van der Waals surface area contributed by atoms with E-state index in [4.69, 9.17) is 0 Å². The lowest BCUT2D eigenvalue weighted by atomic mass is 10.3. The number of hydrogen-bond donors (Lipinski definition) is 0. The van der Waals surface area contributed by atoms with Crippen LogP contribution < -0.4 is 0 Å². The van der Waals surface area contributed by atoms with Crippen molar-refractivity contribution in [1.29, 1.82) is 0 Å². The molecule has 0 aliphatic rings. The molecule has 0 nitrogen and oxygen atoms in total. The van der Waals surface area contributed by atoms with Gasteiger partial charge in [0, 0.05) is 13.3 Å². The minimum atomic E-state index is 0.642. The van der Waals surface area contributed by atoms with Gasteiger partial charge in [-0.2, -0.15) is 0 Å². The molecule has 2 radical (unpaired) electrons. The van der Waals surface area contributed by atoms with Gasteiger partial charge >= 0.3 is 0 Å². The van der Waals surface area contributed by atoms with Gasteiger partial charge in [-0.1, -0.05) is 18.8 Å². The second kappa shape index (κ2) is 7.12. The minimum absolute atomic E-state index is 0.642. The Bertz CT molecular complexity index is 156. The molecule has 0 aliphatic heterocycles. The Balaban J connectivity index is 3.23. The van der Waals surface area contributed by atoms with E-state index in [1.54, 1.807) is 0 Å². The maximum absolute atomic E-state index is 3.65. The van der Waals surface area contributed by atoms with Crippen molar-refractivity contribution in [2.24, 2.45) is 0 Å². The molecule has 0 bridgehead atoms. The summed E-state index contributed by atoms with van der Waals surface area (Å²) in [5.41, 5.74) is 0. The molecular formula is C9H10. The third-order valence-corrected chi connectivity index (χ3v) is 0.729. The van der Waals surface area contributed by atoms with E-state index >= 15 is 0 Å². The van der Waals surface area contributed by atoms with Crippen LogP contribution >= 0.6 is 0 Å². The molecule has 0 heteroatoms. The number of unbranched alkanes of at least 4 members (excludes halogenated alkanes) is 1. The average Bonchev–Trinajstić information content (AvgIpc) is 1.89. The normalized spacial score (nSPS) is 6.44. The monoisotopic (exact) mass is 118 g/mol. The lowest BCUT2D eigenvalue weighted by Gasteiger charge is -1.74.